The number of benzene rings is 1. The van der Waals surface area contributed by atoms with E-state index >= 15 is 0 Å². The van der Waals surface area contributed by atoms with Crippen LogP contribution in [-0.4, -0.2) is 17.6 Å². The first-order valence-electron chi connectivity index (χ1n) is 5.49. The van der Waals surface area contributed by atoms with Crippen molar-refractivity contribution in [2.75, 3.05) is 12.8 Å². The minimum atomic E-state index is -0.449. The van der Waals surface area contributed by atoms with Gasteiger partial charge in [0.05, 0.1) is 22.8 Å². The molecule has 0 amide bonds. The largest absolute Gasteiger partial charge is 0.464 e. The zero-order valence-electron chi connectivity index (χ0n) is 10.2. The van der Waals surface area contributed by atoms with E-state index in [9.17, 15) is 4.79 Å². The monoisotopic (exact) mass is 298 g/mol. The van der Waals surface area contributed by atoms with E-state index in [4.69, 9.17) is 33.7 Å². The van der Waals surface area contributed by atoms with Gasteiger partial charge in [-0.3, -0.25) is 0 Å². The Hall–Kier alpha value is -1.65. The summed E-state index contributed by atoms with van der Waals surface area (Å²) >= 11 is 12.1. The normalized spacial score (nSPS) is 10.5. The average molecular weight is 299 g/mol. The minimum Gasteiger partial charge on any atom is -0.464 e. The molecule has 0 spiro atoms. The summed E-state index contributed by atoms with van der Waals surface area (Å²) in [6.45, 7) is 0.390. The van der Waals surface area contributed by atoms with Gasteiger partial charge in [0.15, 0.2) is 0 Å². The van der Waals surface area contributed by atoms with Crippen molar-refractivity contribution in [1.82, 2.24) is 4.57 Å². The van der Waals surface area contributed by atoms with Crippen molar-refractivity contribution in [2.24, 2.45) is 0 Å². The van der Waals surface area contributed by atoms with E-state index in [2.05, 4.69) is 0 Å². The second-order valence-corrected chi connectivity index (χ2v) is 4.78. The van der Waals surface area contributed by atoms with Crippen LogP contribution in [0.5, 0.6) is 0 Å². The Morgan fingerprint density at radius 2 is 2.16 bits per heavy atom. The standard InChI is InChI=1S/C13H12Cl2N2O2/c1-19-13(18)11-5-9(16)7-17(11)6-8-3-2-4-10(14)12(8)15/h2-5,7H,6,16H2,1H3. The molecule has 0 radical (unpaired) electrons. The van der Waals surface area contributed by atoms with Gasteiger partial charge in [-0.1, -0.05) is 35.3 Å². The average Bonchev–Trinajstić information content (AvgIpc) is 2.75. The first-order chi connectivity index (χ1) is 9.02. The quantitative estimate of drug-likeness (QED) is 0.885. The number of hydrogen-bond donors (Lipinski definition) is 1. The highest BCUT2D eigenvalue weighted by atomic mass is 35.5. The van der Waals surface area contributed by atoms with E-state index in [1.54, 1.807) is 29.0 Å². The minimum absolute atomic E-state index is 0.371. The van der Waals surface area contributed by atoms with Gasteiger partial charge in [0.1, 0.15) is 5.69 Å². The molecule has 0 saturated carbocycles. The number of nitrogen functional groups attached to an aromatic ring is 1. The van der Waals surface area contributed by atoms with Crippen molar-refractivity contribution in [2.45, 2.75) is 6.54 Å². The Kier molecular flexibility index (Phi) is 4.02. The van der Waals surface area contributed by atoms with E-state index in [0.29, 0.717) is 28.0 Å². The number of anilines is 1. The fraction of sp³-hybridized carbons (Fsp3) is 0.154. The van der Waals surface area contributed by atoms with Gasteiger partial charge in [0.25, 0.3) is 0 Å². The van der Waals surface area contributed by atoms with Crippen LogP contribution in [0.3, 0.4) is 0 Å². The fourth-order valence-corrected chi connectivity index (χ4v) is 2.17. The molecule has 0 aliphatic carbocycles. The maximum absolute atomic E-state index is 11.6. The van der Waals surface area contributed by atoms with E-state index in [1.807, 2.05) is 6.07 Å². The number of carbonyl (C=O) groups is 1. The number of methoxy groups -OCH3 is 1. The molecule has 6 heteroatoms. The molecule has 0 atom stereocenters. The Morgan fingerprint density at radius 1 is 1.42 bits per heavy atom. The number of nitrogens with two attached hydrogens (primary N) is 1. The summed E-state index contributed by atoms with van der Waals surface area (Å²) in [5.74, 6) is -0.449. The van der Waals surface area contributed by atoms with Crippen LogP contribution in [0.2, 0.25) is 10.0 Å². The van der Waals surface area contributed by atoms with Crippen LogP contribution in [0, 0.1) is 0 Å². The summed E-state index contributed by atoms with van der Waals surface area (Å²) in [5.41, 5.74) is 7.36. The number of aromatic nitrogens is 1. The van der Waals surface area contributed by atoms with Crippen molar-refractivity contribution < 1.29 is 9.53 Å². The lowest BCUT2D eigenvalue weighted by atomic mass is 10.2. The molecule has 1 heterocycles. The maximum atomic E-state index is 11.6. The van der Waals surface area contributed by atoms with Crippen molar-refractivity contribution >= 4 is 34.9 Å². The summed E-state index contributed by atoms with van der Waals surface area (Å²) in [6.07, 6.45) is 1.66. The highest BCUT2D eigenvalue weighted by molar-refractivity contribution is 6.42. The summed E-state index contributed by atoms with van der Waals surface area (Å²) in [5, 5.41) is 0.936. The Morgan fingerprint density at radius 3 is 2.84 bits per heavy atom. The molecule has 0 unspecified atom stereocenters. The van der Waals surface area contributed by atoms with Gasteiger partial charge in [0, 0.05) is 12.7 Å². The van der Waals surface area contributed by atoms with Crippen LogP contribution in [-0.2, 0) is 11.3 Å². The highest BCUT2D eigenvalue weighted by Gasteiger charge is 2.14. The lowest BCUT2D eigenvalue weighted by molar-refractivity contribution is 0.0589. The van der Waals surface area contributed by atoms with Gasteiger partial charge in [-0.05, 0) is 17.7 Å². The predicted octanol–water partition coefficient (Wildman–Crippen LogP) is 3.21. The van der Waals surface area contributed by atoms with E-state index in [1.165, 1.54) is 7.11 Å². The van der Waals surface area contributed by atoms with E-state index in [0.717, 1.165) is 5.56 Å². The Balaban J connectivity index is 2.38. The van der Waals surface area contributed by atoms with Gasteiger partial charge in [-0.25, -0.2) is 4.79 Å². The molecule has 0 saturated heterocycles. The van der Waals surface area contributed by atoms with Crippen LogP contribution in [0.1, 0.15) is 16.1 Å². The summed E-state index contributed by atoms with van der Waals surface area (Å²) in [4.78, 5) is 11.6. The predicted molar refractivity (Wildman–Crippen MR) is 75.7 cm³/mol. The van der Waals surface area contributed by atoms with Gasteiger partial charge in [0.2, 0.25) is 0 Å². The van der Waals surface area contributed by atoms with Gasteiger partial charge in [-0.15, -0.1) is 0 Å². The molecule has 100 valence electrons. The lowest BCUT2D eigenvalue weighted by Crippen LogP contribution is -2.10. The molecule has 0 fully saturated rings. The zero-order chi connectivity index (χ0) is 14.0. The number of halogens is 2. The molecule has 1 aromatic carbocycles. The SMILES string of the molecule is COC(=O)c1cc(N)cn1Cc1cccc(Cl)c1Cl. The number of esters is 1. The smallest absolute Gasteiger partial charge is 0.354 e. The summed E-state index contributed by atoms with van der Waals surface area (Å²) in [6, 6.07) is 6.91. The van der Waals surface area contributed by atoms with Crippen molar-refractivity contribution in [3.05, 3.63) is 51.8 Å². The summed E-state index contributed by atoms with van der Waals surface area (Å²) < 4.78 is 6.39. The topological polar surface area (TPSA) is 57.2 Å². The first kappa shape index (κ1) is 13.8. The first-order valence-corrected chi connectivity index (χ1v) is 6.25. The van der Waals surface area contributed by atoms with Crippen LogP contribution in [0.15, 0.2) is 30.5 Å². The van der Waals surface area contributed by atoms with Crippen molar-refractivity contribution in [3.8, 4) is 0 Å². The molecule has 0 aliphatic heterocycles. The molecule has 2 rings (SSSR count). The van der Waals surface area contributed by atoms with Crippen molar-refractivity contribution in [1.29, 1.82) is 0 Å². The maximum Gasteiger partial charge on any atom is 0.354 e. The Labute approximate surface area is 120 Å². The van der Waals surface area contributed by atoms with Gasteiger partial charge in [-0.2, -0.15) is 0 Å². The fourth-order valence-electron chi connectivity index (χ4n) is 1.79. The number of nitrogens with zero attached hydrogens (tertiary/aromatic N) is 1. The molecular formula is C13H12Cl2N2O2. The second kappa shape index (κ2) is 5.55. The van der Waals surface area contributed by atoms with Crippen LogP contribution in [0.25, 0.3) is 0 Å². The number of hydrogen-bond acceptors (Lipinski definition) is 3. The lowest BCUT2D eigenvalue weighted by Gasteiger charge is -2.09. The molecule has 2 aromatic rings. The third-order valence-electron chi connectivity index (χ3n) is 2.68. The summed E-state index contributed by atoms with van der Waals surface area (Å²) in [7, 11) is 1.32. The number of rotatable bonds is 3. The zero-order valence-corrected chi connectivity index (χ0v) is 11.7. The van der Waals surface area contributed by atoms with Gasteiger partial charge < -0.3 is 15.0 Å². The second-order valence-electron chi connectivity index (χ2n) is 3.99. The van der Waals surface area contributed by atoms with Crippen LogP contribution in [0.4, 0.5) is 5.69 Å². The molecule has 1 aromatic heterocycles. The Bertz CT molecular complexity index is 623. The van der Waals surface area contributed by atoms with Gasteiger partial charge >= 0.3 is 5.97 Å². The third kappa shape index (κ3) is 2.85. The molecule has 2 N–H and O–H groups in total. The number of carbonyl (C=O) groups excluding carboxylic acids is 1. The van der Waals surface area contributed by atoms with Crippen LogP contribution >= 0.6 is 23.2 Å². The van der Waals surface area contributed by atoms with E-state index in [-0.39, 0.29) is 0 Å². The third-order valence-corrected chi connectivity index (χ3v) is 3.54. The molecule has 0 bridgehead atoms. The highest BCUT2D eigenvalue weighted by Crippen LogP contribution is 2.27. The number of ether oxygens (including phenoxy) is 1. The molecular weight excluding hydrogens is 287 g/mol. The van der Waals surface area contributed by atoms with Crippen LogP contribution < -0.4 is 5.73 Å². The van der Waals surface area contributed by atoms with E-state index < -0.39 is 5.97 Å². The van der Waals surface area contributed by atoms with Crippen molar-refractivity contribution in [3.63, 3.8) is 0 Å². The molecule has 4 nitrogen and oxygen atoms in total. The molecule has 19 heavy (non-hydrogen) atoms. The molecule has 0 aliphatic rings.